The van der Waals surface area contributed by atoms with E-state index < -0.39 is 57.9 Å². The van der Waals surface area contributed by atoms with Crippen LogP contribution in [0.3, 0.4) is 0 Å². The lowest BCUT2D eigenvalue weighted by molar-refractivity contribution is -0.178. The number of halogens is 4. The van der Waals surface area contributed by atoms with Crippen molar-refractivity contribution in [2.75, 3.05) is 0 Å². The molecule has 0 fully saturated rings. The molecule has 170 valence electrons. The van der Waals surface area contributed by atoms with Crippen LogP contribution in [0.1, 0.15) is 37.9 Å². The van der Waals surface area contributed by atoms with Gasteiger partial charge in [0, 0.05) is 33.5 Å². The van der Waals surface area contributed by atoms with E-state index in [0.717, 1.165) is 17.5 Å². The maximum atomic E-state index is 14.0. The van der Waals surface area contributed by atoms with Gasteiger partial charge in [0.1, 0.15) is 12.4 Å². The summed E-state index contributed by atoms with van der Waals surface area (Å²) in [5.41, 5.74) is 1.19. The SMILES string of the molecule is CCC(CC1C(c2c(C)n(CC(=O)O)c3ccc(F)cc23)=CS(=O)(=O)C1C)C(F)(F)F. The van der Waals surface area contributed by atoms with Gasteiger partial charge in [-0.25, -0.2) is 12.8 Å². The molecule has 31 heavy (non-hydrogen) atoms. The topological polar surface area (TPSA) is 76.4 Å². The minimum absolute atomic E-state index is 0.174. The lowest BCUT2D eigenvalue weighted by Gasteiger charge is -2.26. The number of fused-ring (bicyclic) bond motifs is 1. The number of alkyl halides is 3. The van der Waals surface area contributed by atoms with E-state index in [0.29, 0.717) is 11.2 Å². The fourth-order valence-corrected chi connectivity index (χ4v) is 5.99. The molecule has 5 nitrogen and oxygen atoms in total. The summed E-state index contributed by atoms with van der Waals surface area (Å²) >= 11 is 0. The molecule has 1 aliphatic rings. The molecular formula is C21H23F4NO4S. The summed E-state index contributed by atoms with van der Waals surface area (Å²) in [6.45, 7) is 3.88. The standard InChI is InChI=1S/C21H23F4NO4S/c1-4-13(21(23,24)25)7-15-12(3)31(29,30)10-17(15)20-11(2)26(9-19(27)28)18-6-5-14(22)8-16(18)20/h5-6,8,10,12-13,15H,4,7,9H2,1-3H3,(H,27,28). The zero-order chi connectivity index (χ0) is 23.3. The summed E-state index contributed by atoms with van der Waals surface area (Å²) in [5.74, 6) is -4.42. The molecule has 10 heteroatoms. The first-order valence-corrected chi connectivity index (χ1v) is 11.4. The van der Waals surface area contributed by atoms with E-state index in [1.54, 1.807) is 6.92 Å². The molecule has 2 heterocycles. The van der Waals surface area contributed by atoms with Gasteiger partial charge < -0.3 is 9.67 Å². The highest BCUT2D eigenvalue weighted by molar-refractivity contribution is 7.95. The lowest BCUT2D eigenvalue weighted by atomic mass is 9.82. The van der Waals surface area contributed by atoms with Crippen LogP contribution in [0.15, 0.2) is 23.6 Å². The van der Waals surface area contributed by atoms with Gasteiger partial charge in [0.25, 0.3) is 0 Å². The molecule has 2 aromatic rings. The van der Waals surface area contributed by atoms with E-state index >= 15 is 0 Å². The van der Waals surface area contributed by atoms with E-state index in [9.17, 15) is 35.9 Å². The third-order valence-electron chi connectivity index (χ3n) is 6.14. The average molecular weight is 461 g/mol. The van der Waals surface area contributed by atoms with Crippen LogP contribution >= 0.6 is 0 Å². The summed E-state index contributed by atoms with van der Waals surface area (Å²) < 4.78 is 81.1. The quantitative estimate of drug-likeness (QED) is 0.619. The Morgan fingerprint density at radius 1 is 1.29 bits per heavy atom. The number of rotatable bonds is 6. The molecule has 0 amide bonds. The van der Waals surface area contributed by atoms with Crippen LogP contribution in [0.4, 0.5) is 17.6 Å². The van der Waals surface area contributed by atoms with Crippen LogP contribution < -0.4 is 0 Å². The summed E-state index contributed by atoms with van der Waals surface area (Å²) in [6.07, 6.45) is -5.11. The van der Waals surface area contributed by atoms with E-state index in [1.807, 2.05) is 0 Å². The van der Waals surface area contributed by atoms with Gasteiger partial charge in [-0.05, 0) is 50.5 Å². The second-order valence-electron chi connectivity index (χ2n) is 7.96. The highest BCUT2D eigenvalue weighted by atomic mass is 32.2. The zero-order valence-corrected chi connectivity index (χ0v) is 18.0. The van der Waals surface area contributed by atoms with E-state index in [-0.39, 0.29) is 22.9 Å². The minimum Gasteiger partial charge on any atom is -0.480 e. The molecule has 1 aliphatic heterocycles. The van der Waals surface area contributed by atoms with Crippen LogP contribution in [0.25, 0.3) is 16.5 Å². The molecule has 1 aromatic heterocycles. The van der Waals surface area contributed by atoms with Crippen molar-refractivity contribution in [3.63, 3.8) is 0 Å². The molecular weight excluding hydrogens is 438 g/mol. The highest BCUT2D eigenvalue weighted by Gasteiger charge is 2.46. The molecule has 0 radical (unpaired) electrons. The molecule has 3 atom stereocenters. The van der Waals surface area contributed by atoms with Gasteiger partial charge in [-0.15, -0.1) is 0 Å². The normalized spacial score (nSPS) is 22.0. The maximum Gasteiger partial charge on any atom is 0.391 e. The van der Waals surface area contributed by atoms with Gasteiger partial charge in [0.05, 0.1) is 11.2 Å². The molecule has 0 bridgehead atoms. The zero-order valence-electron chi connectivity index (χ0n) is 17.2. The second-order valence-corrected chi connectivity index (χ2v) is 10.1. The van der Waals surface area contributed by atoms with Crippen LogP contribution in [0.2, 0.25) is 0 Å². The summed E-state index contributed by atoms with van der Waals surface area (Å²) in [5, 5.41) is 9.44. The first-order chi connectivity index (χ1) is 14.3. The van der Waals surface area contributed by atoms with Gasteiger partial charge in [-0.1, -0.05) is 6.92 Å². The number of sulfone groups is 1. The van der Waals surface area contributed by atoms with Crippen molar-refractivity contribution >= 4 is 32.3 Å². The molecule has 3 unspecified atom stereocenters. The van der Waals surface area contributed by atoms with Crippen molar-refractivity contribution in [3.8, 4) is 0 Å². The number of carbonyl (C=O) groups is 1. The Morgan fingerprint density at radius 3 is 2.48 bits per heavy atom. The Balaban J connectivity index is 2.24. The third kappa shape index (κ3) is 4.22. The Labute approximate surface area is 177 Å². The van der Waals surface area contributed by atoms with Gasteiger partial charge in [-0.2, -0.15) is 13.2 Å². The monoisotopic (exact) mass is 461 g/mol. The number of carboxylic acids is 1. The van der Waals surface area contributed by atoms with Crippen LogP contribution in [0.5, 0.6) is 0 Å². The van der Waals surface area contributed by atoms with Gasteiger partial charge in [0.2, 0.25) is 0 Å². The van der Waals surface area contributed by atoms with Gasteiger partial charge in [-0.3, -0.25) is 4.79 Å². The molecule has 0 saturated carbocycles. The minimum atomic E-state index is -4.48. The number of hydrogen-bond donors (Lipinski definition) is 1. The van der Waals surface area contributed by atoms with Gasteiger partial charge in [0.15, 0.2) is 9.84 Å². The van der Waals surface area contributed by atoms with Crippen molar-refractivity contribution in [1.82, 2.24) is 4.57 Å². The fraction of sp³-hybridized carbons (Fsp3) is 0.476. The van der Waals surface area contributed by atoms with Crippen molar-refractivity contribution in [2.45, 2.75) is 51.6 Å². The molecule has 1 N–H and O–H groups in total. The third-order valence-corrected chi connectivity index (χ3v) is 8.08. The number of benzene rings is 1. The molecule has 0 spiro atoms. The summed E-state index contributed by atoms with van der Waals surface area (Å²) in [4.78, 5) is 11.3. The predicted molar refractivity (Wildman–Crippen MR) is 109 cm³/mol. The number of aliphatic carboxylic acids is 1. The van der Waals surface area contributed by atoms with Crippen LogP contribution in [-0.2, 0) is 21.2 Å². The molecule has 0 saturated heterocycles. The van der Waals surface area contributed by atoms with E-state index in [4.69, 9.17) is 0 Å². The Kier molecular flexibility index (Phi) is 5.98. The van der Waals surface area contributed by atoms with Crippen LogP contribution in [-0.4, -0.2) is 35.5 Å². The summed E-state index contributed by atoms with van der Waals surface area (Å²) in [6, 6.07) is 3.70. The number of nitrogens with zero attached hydrogens (tertiary/aromatic N) is 1. The molecule has 3 rings (SSSR count). The van der Waals surface area contributed by atoms with Crippen molar-refractivity contribution < 1.29 is 35.9 Å². The van der Waals surface area contributed by atoms with Gasteiger partial charge >= 0.3 is 12.1 Å². The Hall–Kier alpha value is -2.36. The largest absolute Gasteiger partial charge is 0.480 e. The number of hydrogen-bond acceptors (Lipinski definition) is 3. The average Bonchev–Trinajstić information content (AvgIpc) is 3.02. The van der Waals surface area contributed by atoms with Crippen LogP contribution in [0, 0.1) is 24.6 Å². The number of allylic oxidation sites excluding steroid dienone is 1. The first kappa shape index (κ1) is 23.3. The fourth-order valence-electron chi connectivity index (χ4n) is 4.41. The van der Waals surface area contributed by atoms with Crippen molar-refractivity contribution in [3.05, 3.63) is 40.7 Å². The Bertz CT molecular complexity index is 1160. The predicted octanol–water partition coefficient (Wildman–Crippen LogP) is 4.93. The first-order valence-electron chi connectivity index (χ1n) is 9.80. The highest BCUT2D eigenvalue weighted by Crippen LogP contribution is 2.47. The van der Waals surface area contributed by atoms with E-state index in [1.165, 1.54) is 24.5 Å². The Morgan fingerprint density at radius 2 is 1.94 bits per heavy atom. The number of aromatic nitrogens is 1. The molecule has 0 aliphatic carbocycles. The molecule has 1 aromatic carbocycles. The number of carboxylic acid groups (broad SMARTS) is 1. The lowest BCUT2D eigenvalue weighted by Crippen LogP contribution is -2.29. The van der Waals surface area contributed by atoms with E-state index in [2.05, 4.69) is 0 Å². The maximum absolute atomic E-state index is 14.0. The van der Waals surface area contributed by atoms with Crippen molar-refractivity contribution in [2.24, 2.45) is 11.8 Å². The summed E-state index contributed by atoms with van der Waals surface area (Å²) in [7, 11) is -3.83. The van der Waals surface area contributed by atoms with Crippen molar-refractivity contribution in [1.29, 1.82) is 0 Å². The smallest absolute Gasteiger partial charge is 0.391 e. The second kappa shape index (κ2) is 7.96.